The number of ether oxygens (including phenoxy) is 2. The molecule has 3 rings (SSSR count). The second-order valence-corrected chi connectivity index (χ2v) is 7.55. The van der Waals surface area contributed by atoms with Crippen molar-refractivity contribution in [2.75, 3.05) is 13.7 Å². The number of esters is 1. The lowest BCUT2D eigenvalue weighted by Gasteiger charge is -2.27. The van der Waals surface area contributed by atoms with E-state index >= 15 is 0 Å². The van der Waals surface area contributed by atoms with Crippen molar-refractivity contribution >= 4 is 21.8 Å². The van der Waals surface area contributed by atoms with E-state index in [-0.39, 0.29) is 16.2 Å². The number of rotatable bonds is 5. The first kappa shape index (κ1) is 18.0. The molecule has 1 aliphatic rings. The van der Waals surface area contributed by atoms with Gasteiger partial charge < -0.3 is 9.47 Å². The SMILES string of the molecule is CCCN1C=C(OC(=O)c2ccccc2OC)c2ccccc2S1(=O)=O. The summed E-state index contributed by atoms with van der Waals surface area (Å²) in [5, 5.41) is 0. The van der Waals surface area contributed by atoms with Crippen molar-refractivity contribution in [2.45, 2.75) is 18.2 Å². The van der Waals surface area contributed by atoms with Crippen molar-refractivity contribution in [1.29, 1.82) is 0 Å². The molecule has 0 saturated heterocycles. The molecule has 0 bridgehead atoms. The van der Waals surface area contributed by atoms with Crippen LogP contribution in [0.15, 0.2) is 59.6 Å². The third-order valence-electron chi connectivity index (χ3n) is 3.97. The average Bonchev–Trinajstić information content (AvgIpc) is 2.66. The van der Waals surface area contributed by atoms with Gasteiger partial charge in [-0.3, -0.25) is 4.31 Å². The summed E-state index contributed by atoms with van der Waals surface area (Å²) in [6, 6.07) is 13.2. The maximum Gasteiger partial charge on any atom is 0.347 e. The molecule has 136 valence electrons. The van der Waals surface area contributed by atoms with E-state index < -0.39 is 16.0 Å². The number of hydrogen-bond acceptors (Lipinski definition) is 5. The molecule has 26 heavy (non-hydrogen) atoms. The van der Waals surface area contributed by atoms with Crippen LogP contribution in [0.4, 0.5) is 0 Å². The van der Waals surface area contributed by atoms with Gasteiger partial charge in [0.2, 0.25) is 0 Å². The summed E-state index contributed by atoms with van der Waals surface area (Å²) in [5.41, 5.74) is 0.631. The Labute approximate surface area is 152 Å². The number of benzene rings is 2. The van der Waals surface area contributed by atoms with Crippen LogP contribution in [-0.4, -0.2) is 32.3 Å². The van der Waals surface area contributed by atoms with Gasteiger partial charge in [0.25, 0.3) is 10.0 Å². The fraction of sp³-hybridized carbons (Fsp3) is 0.211. The van der Waals surface area contributed by atoms with E-state index in [1.807, 2.05) is 6.92 Å². The second-order valence-electron chi connectivity index (χ2n) is 5.70. The Morgan fingerprint density at radius 3 is 2.50 bits per heavy atom. The number of fused-ring (bicyclic) bond motifs is 1. The highest BCUT2D eigenvalue weighted by Gasteiger charge is 2.32. The van der Waals surface area contributed by atoms with Crippen LogP contribution in [0.1, 0.15) is 29.3 Å². The average molecular weight is 373 g/mol. The Kier molecular flexibility index (Phi) is 4.99. The van der Waals surface area contributed by atoms with Crippen molar-refractivity contribution in [3.8, 4) is 5.75 Å². The largest absolute Gasteiger partial charge is 0.496 e. The summed E-state index contributed by atoms with van der Waals surface area (Å²) >= 11 is 0. The van der Waals surface area contributed by atoms with Gasteiger partial charge in [-0.1, -0.05) is 31.2 Å². The zero-order chi connectivity index (χ0) is 18.7. The van der Waals surface area contributed by atoms with E-state index in [1.165, 1.54) is 23.7 Å². The summed E-state index contributed by atoms with van der Waals surface area (Å²) in [6.45, 7) is 2.18. The number of sulfonamides is 1. The molecule has 0 fully saturated rings. The summed E-state index contributed by atoms with van der Waals surface area (Å²) in [4.78, 5) is 12.7. The van der Waals surface area contributed by atoms with Gasteiger partial charge in [-0.2, -0.15) is 0 Å². The zero-order valence-corrected chi connectivity index (χ0v) is 15.3. The quantitative estimate of drug-likeness (QED) is 0.752. The Hall–Kier alpha value is -2.80. The highest BCUT2D eigenvalue weighted by Crippen LogP contribution is 2.34. The Balaban J connectivity index is 2.02. The number of methoxy groups -OCH3 is 1. The molecule has 0 radical (unpaired) electrons. The highest BCUT2D eigenvalue weighted by molar-refractivity contribution is 7.89. The van der Waals surface area contributed by atoms with E-state index in [0.29, 0.717) is 24.3 Å². The summed E-state index contributed by atoms with van der Waals surface area (Å²) < 4.78 is 37.4. The minimum absolute atomic E-state index is 0.124. The van der Waals surface area contributed by atoms with Gasteiger partial charge in [-0.15, -0.1) is 0 Å². The van der Waals surface area contributed by atoms with E-state index in [4.69, 9.17) is 9.47 Å². The lowest BCUT2D eigenvalue weighted by molar-refractivity contribution is 0.0685. The van der Waals surface area contributed by atoms with Gasteiger partial charge in [0.05, 0.1) is 18.2 Å². The highest BCUT2D eigenvalue weighted by atomic mass is 32.2. The lowest BCUT2D eigenvalue weighted by Crippen LogP contribution is -2.31. The van der Waals surface area contributed by atoms with Crippen LogP contribution >= 0.6 is 0 Å². The zero-order valence-electron chi connectivity index (χ0n) is 14.5. The predicted molar refractivity (Wildman–Crippen MR) is 97.0 cm³/mol. The standard InChI is InChI=1S/C19H19NO5S/c1-3-12-20-13-17(14-8-5-7-11-18(14)26(20,22)23)25-19(21)15-9-4-6-10-16(15)24-2/h4-11,13H,3,12H2,1-2H3. The summed E-state index contributed by atoms with van der Waals surface area (Å²) in [5.74, 6) is -0.0285. The van der Waals surface area contributed by atoms with Crippen molar-refractivity contribution in [1.82, 2.24) is 4.31 Å². The van der Waals surface area contributed by atoms with Crippen molar-refractivity contribution in [3.63, 3.8) is 0 Å². The number of nitrogens with zero attached hydrogens (tertiary/aromatic N) is 1. The number of carbonyl (C=O) groups excluding carboxylic acids is 1. The molecule has 0 unspecified atom stereocenters. The molecule has 0 N–H and O–H groups in total. The van der Waals surface area contributed by atoms with Crippen molar-refractivity contribution < 1.29 is 22.7 Å². The minimum atomic E-state index is -3.65. The summed E-state index contributed by atoms with van der Waals surface area (Å²) in [6.07, 6.45) is 2.00. The van der Waals surface area contributed by atoms with Crippen LogP contribution in [0, 0.1) is 0 Å². The van der Waals surface area contributed by atoms with Gasteiger partial charge >= 0.3 is 5.97 Å². The number of hydrogen-bond donors (Lipinski definition) is 0. The lowest BCUT2D eigenvalue weighted by atomic mass is 10.1. The maximum atomic E-state index is 12.7. The second kappa shape index (κ2) is 7.21. The molecule has 0 spiro atoms. The van der Waals surface area contributed by atoms with Crippen LogP contribution in [0.2, 0.25) is 0 Å². The van der Waals surface area contributed by atoms with Crippen molar-refractivity contribution in [2.24, 2.45) is 0 Å². The molecule has 2 aromatic carbocycles. The first-order valence-corrected chi connectivity index (χ1v) is 9.61. The van der Waals surface area contributed by atoms with Crippen LogP contribution < -0.4 is 4.74 Å². The van der Waals surface area contributed by atoms with Crippen LogP contribution in [-0.2, 0) is 14.8 Å². The third kappa shape index (κ3) is 3.17. The van der Waals surface area contributed by atoms with Gasteiger partial charge in [0.1, 0.15) is 11.3 Å². The van der Waals surface area contributed by atoms with Gasteiger partial charge in [-0.25, -0.2) is 13.2 Å². The third-order valence-corrected chi connectivity index (χ3v) is 5.79. The maximum absolute atomic E-state index is 12.7. The van der Waals surface area contributed by atoms with Crippen LogP contribution in [0.5, 0.6) is 5.75 Å². The first-order chi connectivity index (χ1) is 12.5. The molecular weight excluding hydrogens is 354 g/mol. The molecule has 0 aromatic heterocycles. The number of para-hydroxylation sites is 1. The Morgan fingerprint density at radius 1 is 1.08 bits per heavy atom. The molecule has 0 atom stereocenters. The summed E-state index contributed by atoms with van der Waals surface area (Å²) in [7, 11) is -2.18. The van der Waals surface area contributed by atoms with Gasteiger partial charge in [0, 0.05) is 12.1 Å². The normalized spacial score (nSPS) is 15.0. The molecule has 1 heterocycles. The van der Waals surface area contributed by atoms with E-state index in [2.05, 4.69) is 0 Å². The van der Waals surface area contributed by atoms with E-state index in [1.54, 1.807) is 42.5 Å². The van der Waals surface area contributed by atoms with E-state index in [9.17, 15) is 13.2 Å². The molecule has 1 aliphatic heterocycles. The molecule has 6 nitrogen and oxygen atoms in total. The van der Waals surface area contributed by atoms with Crippen LogP contribution in [0.3, 0.4) is 0 Å². The first-order valence-electron chi connectivity index (χ1n) is 8.17. The van der Waals surface area contributed by atoms with Gasteiger partial charge in [-0.05, 0) is 30.7 Å². The Bertz CT molecular complexity index is 965. The molecule has 2 aromatic rings. The topological polar surface area (TPSA) is 72.9 Å². The molecule has 0 aliphatic carbocycles. The Morgan fingerprint density at radius 2 is 1.77 bits per heavy atom. The van der Waals surface area contributed by atoms with E-state index in [0.717, 1.165) is 0 Å². The molecule has 0 amide bonds. The smallest absolute Gasteiger partial charge is 0.347 e. The van der Waals surface area contributed by atoms with Crippen molar-refractivity contribution in [3.05, 3.63) is 65.9 Å². The molecular formula is C19H19NO5S. The molecule has 0 saturated carbocycles. The van der Waals surface area contributed by atoms with Gasteiger partial charge in [0.15, 0.2) is 5.76 Å². The minimum Gasteiger partial charge on any atom is -0.496 e. The fourth-order valence-electron chi connectivity index (χ4n) is 2.75. The predicted octanol–water partition coefficient (Wildman–Crippen LogP) is 3.26. The molecule has 7 heteroatoms. The fourth-order valence-corrected chi connectivity index (χ4v) is 4.35. The van der Waals surface area contributed by atoms with Crippen LogP contribution in [0.25, 0.3) is 5.76 Å². The monoisotopic (exact) mass is 373 g/mol. The number of carbonyl (C=O) groups is 1.